The Bertz CT molecular complexity index is 982. The lowest BCUT2D eigenvalue weighted by Crippen LogP contribution is -2.39. The Morgan fingerprint density at radius 1 is 1.16 bits per heavy atom. The number of hydrogen-bond acceptors (Lipinski definition) is 5. The summed E-state index contributed by atoms with van der Waals surface area (Å²) in [5.41, 5.74) is 3.05. The number of carbonyl (C=O) groups is 3. The van der Waals surface area contributed by atoms with Gasteiger partial charge in [0.05, 0.1) is 11.2 Å². The number of benzene rings is 2. The third-order valence-electron chi connectivity index (χ3n) is 3.69. The Kier molecular flexibility index (Phi) is 8.95. The van der Waals surface area contributed by atoms with Crippen LogP contribution in [0, 0.1) is 11.7 Å². The molecule has 0 aromatic heterocycles. The molecule has 0 aliphatic carbocycles. The highest BCUT2D eigenvalue weighted by atomic mass is 35.5. The number of nitrogens with zero attached hydrogens (tertiary/aromatic N) is 1. The Hall–Kier alpha value is -3.46. The van der Waals surface area contributed by atoms with E-state index >= 15 is 0 Å². The van der Waals surface area contributed by atoms with Crippen LogP contribution < -0.4 is 20.8 Å². The molecule has 0 saturated heterocycles. The van der Waals surface area contributed by atoms with Crippen molar-refractivity contribution in [2.75, 3.05) is 18.5 Å². The lowest BCUT2D eigenvalue weighted by atomic mass is 10.2. The summed E-state index contributed by atoms with van der Waals surface area (Å²) in [7, 11) is 0. The third-order valence-corrected chi connectivity index (χ3v) is 3.98. The Morgan fingerprint density at radius 2 is 1.94 bits per heavy atom. The van der Waals surface area contributed by atoms with E-state index in [-0.39, 0.29) is 17.5 Å². The summed E-state index contributed by atoms with van der Waals surface area (Å²) < 4.78 is 18.6. The second-order valence-corrected chi connectivity index (χ2v) is 7.25. The highest BCUT2D eigenvalue weighted by molar-refractivity contribution is 6.35. The van der Waals surface area contributed by atoms with Crippen molar-refractivity contribution in [3.63, 3.8) is 0 Å². The van der Waals surface area contributed by atoms with Gasteiger partial charge >= 0.3 is 11.8 Å². The minimum atomic E-state index is -0.873. The predicted octanol–water partition coefficient (Wildman–Crippen LogP) is 2.72. The van der Waals surface area contributed by atoms with E-state index < -0.39 is 23.5 Å². The van der Waals surface area contributed by atoms with Crippen LogP contribution in [-0.4, -0.2) is 37.1 Å². The van der Waals surface area contributed by atoms with E-state index in [1.54, 1.807) is 24.3 Å². The van der Waals surface area contributed by atoms with Gasteiger partial charge in [-0.1, -0.05) is 37.6 Å². The van der Waals surface area contributed by atoms with Crippen LogP contribution in [0.5, 0.6) is 5.75 Å². The number of amides is 3. The van der Waals surface area contributed by atoms with Gasteiger partial charge in [0.2, 0.25) is 0 Å². The largest absolute Gasteiger partial charge is 0.484 e. The molecule has 0 heterocycles. The molecule has 8 nitrogen and oxygen atoms in total. The van der Waals surface area contributed by atoms with Crippen LogP contribution in [0.15, 0.2) is 47.6 Å². The molecule has 0 fully saturated rings. The van der Waals surface area contributed by atoms with Crippen molar-refractivity contribution in [3.8, 4) is 5.75 Å². The molecule has 3 amide bonds. The van der Waals surface area contributed by atoms with Crippen molar-refractivity contribution < 1.29 is 23.5 Å². The molecule has 0 saturated carbocycles. The molecule has 0 aliphatic heterocycles. The van der Waals surface area contributed by atoms with E-state index in [4.69, 9.17) is 16.3 Å². The highest BCUT2D eigenvalue weighted by Crippen LogP contribution is 2.19. The number of hydrazone groups is 1. The Balaban J connectivity index is 1.83. The molecule has 2 aromatic rings. The molecule has 0 aliphatic rings. The normalized spacial score (nSPS) is 10.7. The van der Waals surface area contributed by atoms with E-state index in [9.17, 15) is 18.8 Å². The van der Waals surface area contributed by atoms with Crippen LogP contribution in [0.2, 0.25) is 5.02 Å². The van der Waals surface area contributed by atoms with Crippen molar-refractivity contribution in [2.24, 2.45) is 11.0 Å². The molecular weight excluding hydrogens is 427 g/mol. The summed E-state index contributed by atoms with van der Waals surface area (Å²) in [4.78, 5) is 35.2. The van der Waals surface area contributed by atoms with Crippen molar-refractivity contribution >= 4 is 41.2 Å². The van der Waals surface area contributed by atoms with E-state index in [0.717, 1.165) is 6.07 Å². The zero-order chi connectivity index (χ0) is 22.8. The van der Waals surface area contributed by atoms with Gasteiger partial charge in [-0.15, -0.1) is 0 Å². The zero-order valence-corrected chi connectivity index (χ0v) is 17.7. The van der Waals surface area contributed by atoms with E-state index in [2.05, 4.69) is 21.2 Å². The SMILES string of the molecule is CC(C)CNC(=O)C(=O)N/N=C\c1cccc(OCC(=O)Nc2ccc(F)c(Cl)c2)c1. The number of ether oxygens (including phenoxy) is 1. The van der Waals surface area contributed by atoms with Gasteiger partial charge in [0.25, 0.3) is 5.91 Å². The lowest BCUT2D eigenvalue weighted by molar-refractivity contribution is -0.139. The predicted molar refractivity (Wildman–Crippen MR) is 116 cm³/mol. The number of anilines is 1. The van der Waals surface area contributed by atoms with Gasteiger partial charge in [-0.3, -0.25) is 14.4 Å². The molecule has 0 atom stereocenters. The maximum absolute atomic E-state index is 13.2. The van der Waals surface area contributed by atoms with Gasteiger partial charge in [-0.25, -0.2) is 9.82 Å². The molecule has 2 rings (SSSR count). The molecule has 0 radical (unpaired) electrons. The zero-order valence-electron chi connectivity index (χ0n) is 16.9. The molecular formula is C21H22ClFN4O4. The van der Waals surface area contributed by atoms with Crippen LogP contribution in [0.4, 0.5) is 10.1 Å². The fourth-order valence-electron chi connectivity index (χ4n) is 2.20. The van der Waals surface area contributed by atoms with Crippen molar-refractivity contribution in [1.29, 1.82) is 0 Å². The van der Waals surface area contributed by atoms with Gasteiger partial charge in [-0.2, -0.15) is 5.10 Å². The summed E-state index contributed by atoms with van der Waals surface area (Å²) in [6.45, 7) is 3.92. The molecule has 164 valence electrons. The minimum absolute atomic E-state index is 0.102. The molecule has 0 spiro atoms. The summed E-state index contributed by atoms with van der Waals surface area (Å²) in [5.74, 6) is -2.07. The van der Waals surface area contributed by atoms with Crippen molar-refractivity contribution in [2.45, 2.75) is 13.8 Å². The second kappa shape index (κ2) is 11.7. The molecule has 0 bridgehead atoms. The monoisotopic (exact) mass is 448 g/mol. The molecule has 3 N–H and O–H groups in total. The maximum atomic E-state index is 13.2. The van der Waals surface area contributed by atoms with Crippen molar-refractivity contribution in [1.82, 2.24) is 10.7 Å². The number of rotatable bonds is 8. The van der Waals surface area contributed by atoms with Gasteiger partial charge < -0.3 is 15.4 Å². The standard InChI is InChI=1S/C21H22ClFN4O4/c1-13(2)10-24-20(29)21(30)27-25-11-14-4-3-5-16(8-14)31-12-19(28)26-15-6-7-18(23)17(22)9-15/h3-9,11,13H,10,12H2,1-2H3,(H,24,29)(H,26,28)(H,27,30)/b25-11-. The summed E-state index contributed by atoms with van der Waals surface area (Å²) in [5, 5.41) is 8.66. The first kappa shape index (κ1) is 23.8. The highest BCUT2D eigenvalue weighted by Gasteiger charge is 2.12. The Labute approximate surface area is 183 Å². The van der Waals surface area contributed by atoms with Gasteiger partial charge in [0, 0.05) is 12.2 Å². The van der Waals surface area contributed by atoms with Gasteiger partial charge in [-0.05, 0) is 41.8 Å². The number of nitrogens with one attached hydrogen (secondary N) is 3. The van der Waals surface area contributed by atoms with Gasteiger partial charge in [0.15, 0.2) is 6.61 Å². The summed E-state index contributed by atoms with van der Waals surface area (Å²) >= 11 is 5.68. The third kappa shape index (κ3) is 8.43. The average Bonchev–Trinajstić information content (AvgIpc) is 2.73. The van der Waals surface area contributed by atoms with E-state index in [1.165, 1.54) is 18.3 Å². The first-order chi connectivity index (χ1) is 14.7. The quantitative estimate of drug-likeness (QED) is 0.327. The van der Waals surface area contributed by atoms with E-state index in [1.807, 2.05) is 13.8 Å². The molecule has 10 heteroatoms. The first-order valence-electron chi connectivity index (χ1n) is 9.33. The second-order valence-electron chi connectivity index (χ2n) is 6.84. The van der Waals surface area contributed by atoms with Crippen LogP contribution in [0.25, 0.3) is 0 Å². The Morgan fingerprint density at radius 3 is 2.65 bits per heavy atom. The fraction of sp³-hybridized carbons (Fsp3) is 0.238. The van der Waals surface area contributed by atoms with E-state index in [0.29, 0.717) is 23.5 Å². The topological polar surface area (TPSA) is 109 Å². The van der Waals surface area contributed by atoms with Crippen LogP contribution in [0.3, 0.4) is 0 Å². The average molecular weight is 449 g/mol. The summed E-state index contributed by atoms with van der Waals surface area (Å²) in [6.07, 6.45) is 1.33. The van der Waals surface area contributed by atoms with Crippen LogP contribution in [-0.2, 0) is 14.4 Å². The maximum Gasteiger partial charge on any atom is 0.329 e. The number of halogens is 2. The number of carbonyl (C=O) groups excluding carboxylic acids is 3. The minimum Gasteiger partial charge on any atom is -0.484 e. The molecule has 0 unspecified atom stereocenters. The van der Waals surface area contributed by atoms with Crippen LogP contribution >= 0.6 is 11.6 Å². The molecule has 31 heavy (non-hydrogen) atoms. The van der Waals surface area contributed by atoms with Crippen LogP contribution in [0.1, 0.15) is 19.4 Å². The smallest absolute Gasteiger partial charge is 0.329 e. The fourth-order valence-corrected chi connectivity index (χ4v) is 2.38. The lowest BCUT2D eigenvalue weighted by Gasteiger charge is -2.08. The molecule has 2 aromatic carbocycles. The van der Waals surface area contributed by atoms with Crippen molar-refractivity contribution in [3.05, 3.63) is 58.9 Å². The summed E-state index contributed by atoms with van der Waals surface area (Å²) in [6, 6.07) is 10.4. The van der Waals surface area contributed by atoms with Gasteiger partial charge in [0.1, 0.15) is 11.6 Å². The first-order valence-corrected chi connectivity index (χ1v) is 9.71. The number of hydrogen-bond donors (Lipinski definition) is 3.